The number of nitrogens with two attached hydrogens (primary N) is 1. The number of nitrogens with one attached hydrogen (secondary N) is 10. The Bertz CT molecular complexity index is 4260. The van der Waals surface area contributed by atoms with Gasteiger partial charge in [-0.25, -0.2) is 14.4 Å². The molecule has 2 fully saturated rings. The number of fused-ring (bicyclic) bond motifs is 9. The van der Waals surface area contributed by atoms with Crippen molar-refractivity contribution >= 4 is 111 Å². The Morgan fingerprint density at radius 2 is 1.50 bits per heavy atom. The standard InChI is InChI=1S/C78H111N13O30S/c1-11-40(2)64-78(20-14-12-13-15-22-90(9)76(109)114-38-44-16-19-56(118-73-58(117-43(5)94)33-57(116-42(4)93)63(119-73)72(106)111-10)49(28-44)65(100)80-21-23-112-24-25-113-26-27-115-89-75(108)121-77(6,7)8)74(107)82-35-60(98)83-53-39-122(110)70-48(47-18-17-46(120-78)30-50(47)86-70)31-51(66(101)81-34-61(99)87-64)84-69(104)62(41(3)55(96)37-92)88-68(103)54-29-45(95)36-91(54)71(105)52(32-59(79)97)85-67(53)102/h16-19,28,30,40-41,45,51-55,57-58,62-64,73,86,92,95-96H,11-15,20-27,29,31-39H2,1-10H3,(H2,79,97)(H,80,100)(H,81,101)(H,82,107)(H,83,98)(H,84,104)(H,85,102)(H,87,99)(H,88,103)(H,89,108)/t40-,41-,45+,51-,52-,53-,54-,55-,57-,58+,62-,63?,64+,73+,78?,122?/m0/s1. The highest BCUT2D eigenvalue weighted by Gasteiger charge is 2.53. The molecule has 7 heterocycles. The quantitative estimate of drug-likeness (QED) is 0.0101. The highest BCUT2D eigenvalue weighted by atomic mass is 32.2. The lowest BCUT2D eigenvalue weighted by atomic mass is 9.79. The maximum absolute atomic E-state index is 15.7. The average Bonchev–Trinajstić information content (AvgIpc) is 1.13. The minimum atomic E-state index is -2.47. The van der Waals surface area contributed by atoms with Crippen molar-refractivity contribution in [1.82, 2.24) is 62.8 Å². The number of ether oxygens (including phenoxy) is 10. The molecule has 0 aliphatic carbocycles. The molecule has 6 aliphatic heterocycles. The van der Waals surface area contributed by atoms with Gasteiger partial charge in [0, 0.05) is 93.9 Å². The molecule has 8 bridgehead atoms. The Kier molecular flexibility index (Phi) is 35.6. The molecule has 43 nitrogen and oxygen atoms in total. The van der Waals surface area contributed by atoms with Crippen LogP contribution in [0.5, 0.6) is 11.5 Å². The van der Waals surface area contributed by atoms with Crippen molar-refractivity contribution in [3.05, 3.63) is 53.1 Å². The molecular weight excluding hydrogens is 1630 g/mol. The van der Waals surface area contributed by atoms with Gasteiger partial charge in [-0.3, -0.25) is 62.4 Å². The number of carbonyl (C=O) groups excluding carboxylic acids is 15. The molecule has 3 aromatic rings. The summed E-state index contributed by atoms with van der Waals surface area (Å²) in [7, 11) is 2.55. The van der Waals surface area contributed by atoms with E-state index in [1.165, 1.54) is 55.3 Å². The lowest BCUT2D eigenvalue weighted by molar-refractivity contribution is -0.248. The molecule has 0 radical (unpaired) electrons. The number of primary amides is 1. The number of esters is 3. The summed E-state index contributed by atoms with van der Waals surface area (Å²) in [6, 6.07) is -1.81. The zero-order chi connectivity index (χ0) is 89.4. The Morgan fingerprint density at radius 1 is 0.811 bits per heavy atom. The van der Waals surface area contributed by atoms with Crippen LogP contribution in [0.15, 0.2) is 41.4 Å². The number of carbonyl (C=O) groups is 15. The molecule has 122 heavy (non-hydrogen) atoms. The number of H-pyrrole nitrogens is 1. The van der Waals surface area contributed by atoms with Gasteiger partial charge in [0.25, 0.3) is 11.8 Å². The summed E-state index contributed by atoms with van der Waals surface area (Å²) in [5.74, 6) is -16.0. The smallest absolute Gasteiger partial charge is 0.431 e. The van der Waals surface area contributed by atoms with Gasteiger partial charge in [-0.15, -0.1) is 0 Å². The van der Waals surface area contributed by atoms with Crippen molar-refractivity contribution in [1.29, 1.82) is 0 Å². The van der Waals surface area contributed by atoms with Crippen LogP contribution < -0.4 is 63.2 Å². The highest BCUT2D eigenvalue weighted by Crippen LogP contribution is 2.38. The number of hydrogen-bond acceptors (Lipinski definition) is 30. The van der Waals surface area contributed by atoms with E-state index in [0.29, 0.717) is 19.3 Å². The van der Waals surface area contributed by atoms with E-state index < -0.39 is 254 Å². The van der Waals surface area contributed by atoms with Gasteiger partial charge < -0.3 is 130 Å². The van der Waals surface area contributed by atoms with Gasteiger partial charge in [0.05, 0.1) is 95.6 Å². The molecule has 674 valence electrons. The van der Waals surface area contributed by atoms with Gasteiger partial charge >= 0.3 is 30.1 Å². The maximum atomic E-state index is 15.7. The van der Waals surface area contributed by atoms with E-state index >= 15 is 9.35 Å². The van der Waals surface area contributed by atoms with E-state index in [1.54, 1.807) is 34.6 Å². The van der Waals surface area contributed by atoms with E-state index in [2.05, 4.69) is 53.0 Å². The lowest BCUT2D eigenvalue weighted by Gasteiger charge is -2.42. The number of rotatable bonds is 32. The minimum absolute atomic E-state index is 0.00233. The molecule has 9 rings (SSSR count). The van der Waals surface area contributed by atoms with Gasteiger partial charge in [0.1, 0.15) is 59.7 Å². The zero-order valence-corrected chi connectivity index (χ0v) is 70.4. The van der Waals surface area contributed by atoms with Gasteiger partial charge in [-0.05, 0) is 75.8 Å². The second-order valence-corrected chi connectivity index (χ2v) is 32.5. The number of aromatic amines is 1. The van der Waals surface area contributed by atoms with Crippen molar-refractivity contribution in [3.8, 4) is 11.5 Å². The Hall–Kier alpha value is -10.7. The van der Waals surface area contributed by atoms with Crippen LogP contribution in [0, 0.1) is 11.8 Å². The Morgan fingerprint density at radius 3 is 2.19 bits per heavy atom. The third-order valence-electron chi connectivity index (χ3n) is 20.7. The van der Waals surface area contributed by atoms with Crippen LogP contribution in [0.2, 0.25) is 0 Å². The summed E-state index contributed by atoms with van der Waals surface area (Å²) in [6.45, 7) is 8.72. The number of aromatic nitrogens is 1. The van der Waals surface area contributed by atoms with Crippen molar-refractivity contribution < 1.29 is 144 Å². The van der Waals surface area contributed by atoms with E-state index in [0.717, 1.165) is 25.9 Å². The van der Waals surface area contributed by atoms with Gasteiger partial charge in [0.15, 0.2) is 18.2 Å². The largest absolute Gasteiger partial charge is 0.610 e. The summed E-state index contributed by atoms with van der Waals surface area (Å²) in [4.78, 5) is 219. The molecule has 3 unspecified atom stereocenters. The molecule has 16 atom stereocenters. The van der Waals surface area contributed by atoms with Crippen molar-refractivity contribution in [2.45, 2.75) is 215 Å². The van der Waals surface area contributed by atoms with E-state index in [1.807, 2.05) is 0 Å². The van der Waals surface area contributed by atoms with Crippen LogP contribution >= 0.6 is 0 Å². The van der Waals surface area contributed by atoms with Crippen molar-refractivity contribution in [2.24, 2.45) is 17.6 Å². The Balaban J connectivity index is 1.03. The monoisotopic (exact) mass is 1740 g/mol. The van der Waals surface area contributed by atoms with Crippen LogP contribution in [-0.4, -0.2) is 300 Å². The van der Waals surface area contributed by atoms with Crippen LogP contribution in [0.3, 0.4) is 0 Å². The molecule has 0 saturated carbocycles. The first kappa shape index (κ1) is 96.7. The fourth-order valence-corrected chi connectivity index (χ4v) is 15.7. The van der Waals surface area contributed by atoms with Crippen LogP contribution in [0.1, 0.15) is 135 Å². The molecule has 6 aliphatic rings. The second-order valence-electron chi connectivity index (χ2n) is 31.1. The summed E-state index contributed by atoms with van der Waals surface area (Å²) < 4.78 is 72.1. The number of hydrogen-bond donors (Lipinski definition) is 14. The van der Waals surface area contributed by atoms with Gasteiger partial charge in [-0.1, -0.05) is 46.1 Å². The number of amides is 12. The molecule has 0 spiro atoms. The molecule has 15 N–H and O–H groups in total. The predicted octanol–water partition coefficient (Wildman–Crippen LogP) is -2.53. The first-order chi connectivity index (χ1) is 57.8. The molecule has 2 saturated heterocycles. The number of methoxy groups -OCH3 is 1. The van der Waals surface area contributed by atoms with Crippen LogP contribution in [0.4, 0.5) is 9.59 Å². The normalized spacial score (nSPS) is 25.0. The van der Waals surface area contributed by atoms with Crippen molar-refractivity contribution in [3.63, 3.8) is 0 Å². The number of nitrogens with zero attached hydrogens (tertiary/aromatic N) is 2. The third kappa shape index (κ3) is 26.9. The Labute approximate surface area is 705 Å². The number of benzene rings is 2. The predicted molar refractivity (Wildman–Crippen MR) is 423 cm³/mol. The van der Waals surface area contributed by atoms with E-state index in [-0.39, 0.29) is 116 Å². The number of hydroxylamine groups is 1. The topological polar surface area (TPSA) is 598 Å². The number of aliphatic hydroxyl groups excluding tert-OH is 3. The summed E-state index contributed by atoms with van der Waals surface area (Å²) in [5.41, 5.74) is 5.17. The van der Waals surface area contributed by atoms with E-state index in [9.17, 15) is 82.4 Å². The fourth-order valence-electron chi connectivity index (χ4n) is 14.3. The lowest BCUT2D eigenvalue weighted by Crippen LogP contribution is -2.67. The SMILES string of the molecule is CC[C@H](C)[C@H]1NC(=O)CNC(=O)[C@@H]2Cc3c4[nH]c5cc(ccc35)OC1(CCCCCCN(C)C(=O)OCc1ccc(O[C@@H]3OC(C(=O)OC)[C@@H](OC(C)=O)C[C@H]3OC(C)=O)c(C(=O)NCCOCCOCCONC(=O)OC(C)(C)C)c1)C(=O)NCC(=O)N[C@@H](C[S+]4[O-])C(=O)N[C@@H](CC(N)=O)C(=O)N1C[C@H](O)C[C@H]1C(=O)N[C@@H]([C@@H](C)[C@@H](O)CO)C(=O)N2. The second kappa shape index (κ2) is 44.9. The van der Waals surface area contributed by atoms with Crippen LogP contribution in [0.25, 0.3) is 10.9 Å². The molecule has 1 aromatic heterocycles. The zero-order valence-electron chi connectivity index (χ0n) is 69.6. The summed E-state index contributed by atoms with van der Waals surface area (Å²) in [6.07, 6.45) is -11.5. The van der Waals surface area contributed by atoms with Crippen LogP contribution in [-0.2, 0) is 124 Å². The molecule has 2 aromatic carbocycles. The fraction of sp³-hybridized carbons (Fsp3) is 0.628. The van der Waals surface area contributed by atoms with Crippen molar-refractivity contribution in [2.75, 3.05) is 92.3 Å². The average molecular weight is 1740 g/mol. The highest BCUT2D eigenvalue weighted by molar-refractivity contribution is 7.91. The molecule has 44 heteroatoms. The number of aliphatic hydroxyl groups is 3. The number of unbranched alkanes of at least 4 members (excludes halogenated alkanes) is 3. The molecular formula is C78H111N13O30S. The minimum Gasteiger partial charge on any atom is -0.610 e. The van der Waals surface area contributed by atoms with E-state index in [4.69, 9.17) is 57.9 Å². The van der Waals surface area contributed by atoms with Gasteiger partial charge in [-0.2, -0.15) is 5.48 Å². The third-order valence-corrected chi connectivity index (χ3v) is 22.1. The summed E-state index contributed by atoms with van der Waals surface area (Å²) >= 11 is -2.47. The summed E-state index contributed by atoms with van der Waals surface area (Å²) in [5, 5.41) is 53.0. The van der Waals surface area contributed by atoms with Gasteiger partial charge in [0.2, 0.25) is 64.2 Å². The first-order valence-corrected chi connectivity index (χ1v) is 41.3. The molecule has 12 amide bonds. The first-order valence-electron chi connectivity index (χ1n) is 40.0. The maximum Gasteiger partial charge on any atom is 0.431 e.